The summed E-state index contributed by atoms with van der Waals surface area (Å²) >= 11 is 0. The maximum atomic E-state index is 12.6. The van der Waals surface area contributed by atoms with Gasteiger partial charge < -0.3 is 24.6 Å². The van der Waals surface area contributed by atoms with E-state index in [4.69, 9.17) is 23.6 Å². The van der Waals surface area contributed by atoms with Gasteiger partial charge in [-0.15, -0.1) is 0 Å². The monoisotopic (exact) mass is 803 g/mol. The van der Waals surface area contributed by atoms with Crippen molar-refractivity contribution in [2.45, 2.75) is 219 Å². The Labute approximate surface area is 336 Å². The lowest BCUT2D eigenvalue weighted by atomic mass is 10.1. The lowest BCUT2D eigenvalue weighted by molar-refractivity contribution is -0.161. The van der Waals surface area contributed by atoms with Crippen LogP contribution in [0.5, 0.6) is 0 Å². The maximum Gasteiger partial charge on any atom is 0.472 e. The van der Waals surface area contributed by atoms with E-state index in [1.54, 1.807) is 0 Å². The summed E-state index contributed by atoms with van der Waals surface area (Å²) in [7, 11) is -4.62. The maximum absolute atomic E-state index is 12.6. The molecule has 0 aliphatic heterocycles. The SMILES string of the molecule is CCCCCCC/C=C\CCCCCCCC(=O)OCC(COP(=O)(O)OCC(O)CO)OC(=O)CCCCCCCCC/C=C\CCCCCCCCC. The van der Waals surface area contributed by atoms with Crippen molar-refractivity contribution >= 4 is 19.8 Å². The van der Waals surface area contributed by atoms with Crippen LogP contribution in [0.25, 0.3) is 0 Å². The van der Waals surface area contributed by atoms with Gasteiger partial charge in [0.05, 0.1) is 19.8 Å². The minimum Gasteiger partial charge on any atom is -0.462 e. The van der Waals surface area contributed by atoms with Gasteiger partial charge in [-0.05, 0) is 64.2 Å². The molecule has 0 fully saturated rings. The second-order valence-corrected chi connectivity index (χ2v) is 16.5. The molecule has 3 unspecified atom stereocenters. The van der Waals surface area contributed by atoms with Crippen LogP contribution in [0.4, 0.5) is 0 Å². The summed E-state index contributed by atoms with van der Waals surface area (Å²) in [6.07, 6.45) is 40.0. The smallest absolute Gasteiger partial charge is 0.462 e. The Balaban J connectivity index is 4.28. The Morgan fingerprint density at radius 3 is 1.31 bits per heavy atom. The lowest BCUT2D eigenvalue weighted by Crippen LogP contribution is -2.29. The highest BCUT2D eigenvalue weighted by molar-refractivity contribution is 7.47. The number of aliphatic hydroxyl groups is 2. The van der Waals surface area contributed by atoms with Gasteiger partial charge in [0.2, 0.25) is 0 Å². The van der Waals surface area contributed by atoms with Crippen LogP contribution in [-0.4, -0.2) is 65.7 Å². The van der Waals surface area contributed by atoms with Crippen LogP contribution in [0.15, 0.2) is 24.3 Å². The number of hydrogen-bond acceptors (Lipinski definition) is 9. The predicted octanol–water partition coefficient (Wildman–Crippen LogP) is 11.8. The van der Waals surface area contributed by atoms with Gasteiger partial charge in [0.15, 0.2) is 6.10 Å². The van der Waals surface area contributed by atoms with Crippen molar-refractivity contribution < 1.29 is 47.8 Å². The molecule has 55 heavy (non-hydrogen) atoms. The molecular weight excluding hydrogens is 719 g/mol. The topological polar surface area (TPSA) is 149 Å². The van der Waals surface area contributed by atoms with Gasteiger partial charge in [-0.1, -0.05) is 154 Å². The standard InChI is InChI=1S/C44H83O10P/c1-3-5-7-9-11-13-15-17-19-20-21-22-24-26-28-30-32-34-36-44(48)54-42(40-53-55(49,50)52-38-41(46)37-45)39-51-43(47)35-33-31-29-27-25-23-18-16-14-12-10-8-6-4-2/h16,18-20,41-42,45-46H,3-15,17,21-40H2,1-2H3,(H,49,50)/b18-16-,20-19-. The number of allylic oxidation sites excluding steroid dienone is 4. The minimum absolute atomic E-state index is 0.179. The van der Waals surface area contributed by atoms with Crippen LogP contribution < -0.4 is 0 Å². The van der Waals surface area contributed by atoms with E-state index < -0.39 is 51.8 Å². The fourth-order valence-corrected chi connectivity index (χ4v) is 6.89. The number of hydrogen-bond donors (Lipinski definition) is 3. The number of phosphoric ester groups is 1. The molecule has 0 saturated heterocycles. The van der Waals surface area contributed by atoms with Crippen molar-refractivity contribution in [2.75, 3.05) is 26.4 Å². The average molecular weight is 803 g/mol. The molecule has 0 amide bonds. The molecule has 3 atom stereocenters. The highest BCUT2D eigenvalue weighted by Crippen LogP contribution is 2.43. The predicted molar refractivity (Wildman–Crippen MR) is 224 cm³/mol. The van der Waals surface area contributed by atoms with Crippen LogP contribution in [0.3, 0.4) is 0 Å². The highest BCUT2D eigenvalue weighted by atomic mass is 31.2. The summed E-state index contributed by atoms with van der Waals surface area (Å²) < 4.78 is 32.7. The molecule has 0 aromatic carbocycles. The molecule has 0 rings (SSSR count). The molecule has 0 aromatic heterocycles. The van der Waals surface area contributed by atoms with Gasteiger partial charge >= 0.3 is 19.8 Å². The average Bonchev–Trinajstić information content (AvgIpc) is 3.17. The first-order valence-corrected chi connectivity index (χ1v) is 23.8. The van der Waals surface area contributed by atoms with E-state index in [1.165, 1.54) is 103 Å². The van der Waals surface area contributed by atoms with Crippen LogP contribution in [0.2, 0.25) is 0 Å². The largest absolute Gasteiger partial charge is 0.472 e. The number of rotatable bonds is 42. The van der Waals surface area contributed by atoms with Gasteiger partial charge in [0.25, 0.3) is 0 Å². The molecule has 0 bridgehead atoms. The van der Waals surface area contributed by atoms with Crippen molar-refractivity contribution in [1.82, 2.24) is 0 Å². The quantitative estimate of drug-likeness (QED) is 0.0236. The van der Waals surface area contributed by atoms with Crippen LogP contribution in [0, 0.1) is 0 Å². The summed E-state index contributed by atoms with van der Waals surface area (Å²) in [6, 6.07) is 0. The lowest BCUT2D eigenvalue weighted by Gasteiger charge is -2.20. The van der Waals surface area contributed by atoms with E-state index in [-0.39, 0.29) is 19.4 Å². The van der Waals surface area contributed by atoms with E-state index in [0.29, 0.717) is 12.8 Å². The molecule has 0 heterocycles. The molecule has 10 nitrogen and oxygen atoms in total. The molecular formula is C44H83O10P. The van der Waals surface area contributed by atoms with Gasteiger partial charge in [0.1, 0.15) is 12.7 Å². The normalized spacial score (nSPS) is 14.1. The fourth-order valence-electron chi connectivity index (χ4n) is 6.10. The molecule has 324 valence electrons. The van der Waals surface area contributed by atoms with Crippen LogP contribution >= 0.6 is 7.82 Å². The third kappa shape index (κ3) is 40.4. The van der Waals surface area contributed by atoms with E-state index in [2.05, 4.69) is 38.2 Å². The minimum atomic E-state index is -4.62. The Morgan fingerprint density at radius 2 is 0.891 bits per heavy atom. The molecule has 11 heteroatoms. The number of carbonyl (C=O) groups is 2. The van der Waals surface area contributed by atoms with Crippen molar-refractivity contribution in [3.8, 4) is 0 Å². The molecule has 0 aromatic rings. The first-order chi connectivity index (χ1) is 26.7. The number of phosphoric acid groups is 1. The number of ether oxygens (including phenoxy) is 2. The number of esters is 2. The third-order valence-electron chi connectivity index (χ3n) is 9.58. The van der Waals surface area contributed by atoms with Crippen molar-refractivity contribution in [2.24, 2.45) is 0 Å². The zero-order valence-electron chi connectivity index (χ0n) is 35.2. The Bertz CT molecular complexity index is 972. The Kier molecular flexibility index (Phi) is 39.5. The zero-order valence-corrected chi connectivity index (χ0v) is 36.0. The third-order valence-corrected chi connectivity index (χ3v) is 10.5. The summed E-state index contributed by atoms with van der Waals surface area (Å²) in [5, 5.41) is 18.3. The van der Waals surface area contributed by atoms with E-state index in [9.17, 15) is 24.2 Å². The molecule has 0 radical (unpaired) electrons. The van der Waals surface area contributed by atoms with E-state index in [1.807, 2.05) is 0 Å². The molecule has 0 saturated carbocycles. The first kappa shape index (κ1) is 53.5. The number of carbonyl (C=O) groups excluding carboxylic acids is 2. The van der Waals surface area contributed by atoms with Crippen molar-refractivity contribution in [3.63, 3.8) is 0 Å². The highest BCUT2D eigenvalue weighted by Gasteiger charge is 2.27. The summed E-state index contributed by atoms with van der Waals surface area (Å²) in [5.74, 6) is -0.934. The summed E-state index contributed by atoms with van der Waals surface area (Å²) in [4.78, 5) is 35.0. The van der Waals surface area contributed by atoms with Crippen molar-refractivity contribution in [1.29, 1.82) is 0 Å². The second-order valence-electron chi connectivity index (χ2n) is 15.1. The van der Waals surface area contributed by atoms with Gasteiger partial charge in [0, 0.05) is 12.8 Å². The molecule has 0 spiro atoms. The van der Waals surface area contributed by atoms with Gasteiger partial charge in [-0.2, -0.15) is 0 Å². The summed E-state index contributed by atoms with van der Waals surface area (Å²) in [5.41, 5.74) is 0. The Hall–Kier alpha value is -1.55. The number of unbranched alkanes of at least 4 members (excludes halogenated alkanes) is 24. The van der Waals surface area contributed by atoms with Crippen molar-refractivity contribution in [3.05, 3.63) is 24.3 Å². The van der Waals surface area contributed by atoms with Gasteiger partial charge in [-0.25, -0.2) is 4.57 Å². The number of aliphatic hydroxyl groups excluding tert-OH is 2. The summed E-state index contributed by atoms with van der Waals surface area (Å²) in [6.45, 7) is 2.37. The van der Waals surface area contributed by atoms with Crippen LogP contribution in [-0.2, 0) is 32.7 Å². The molecule has 3 N–H and O–H groups in total. The Morgan fingerprint density at radius 1 is 0.527 bits per heavy atom. The zero-order chi connectivity index (χ0) is 40.5. The van der Waals surface area contributed by atoms with Crippen LogP contribution in [0.1, 0.15) is 206 Å². The molecule has 0 aliphatic rings. The molecule has 0 aliphatic carbocycles. The fraction of sp³-hybridized carbons (Fsp3) is 0.864. The van der Waals surface area contributed by atoms with E-state index in [0.717, 1.165) is 64.2 Å². The van der Waals surface area contributed by atoms with Gasteiger partial charge in [-0.3, -0.25) is 18.6 Å². The first-order valence-electron chi connectivity index (χ1n) is 22.3. The van der Waals surface area contributed by atoms with E-state index >= 15 is 0 Å². The second kappa shape index (κ2) is 40.6.